The van der Waals surface area contributed by atoms with Crippen LogP contribution in [-0.2, 0) is 14.8 Å². The molecule has 0 bridgehead atoms. The molecule has 2 rings (SSSR count). The van der Waals surface area contributed by atoms with Gasteiger partial charge < -0.3 is 15.0 Å². The van der Waals surface area contributed by atoms with Crippen LogP contribution < -0.4 is 15.0 Å². The summed E-state index contributed by atoms with van der Waals surface area (Å²) in [5.41, 5.74) is 0.454. The Morgan fingerprint density at radius 1 is 1.40 bits per heavy atom. The Morgan fingerprint density at radius 3 is 2.72 bits per heavy atom. The van der Waals surface area contributed by atoms with Crippen LogP contribution >= 0.6 is 0 Å². The van der Waals surface area contributed by atoms with Crippen molar-refractivity contribution in [2.45, 2.75) is 24.7 Å². The molecule has 2 N–H and O–H groups in total. The van der Waals surface area contributed by atoms with Crippen molar-refractivity contribution >= 4 is 21.6 Å². The van der Waals surface area contributed by atoms with E-state index in [2.05, 4.69) is 12.2 Å². The maximum absolute atomic E-state index is 12.4. The van der Waals surface area contributed by atoms with E-state index in [0.29, 0.717) is 18.2 Å². The van der Waals surface area contributed by atoms with Gasteiger partial charge in [-0.1, -0.05) is 6.92 Å². The molecular weight excluding hydrogens is 342 g/mol. The smallest absolute Gasteiger partial charge is 0.279 e. The van der Waals surface area contributed by atoms with Gasteiger partial charge in [0.2, 0.25) is 10.0 Å². The Morgan fingerprint density at radius 2 is 2.12 bits per heavy atom. The molecule has 1 fully saturated rings. The topological polar surface area (TPSA) is 80.1 Å². The molecule has 1 aromatic rings. The van der Waals surface area contributed by atoms with Crippen molar-refractivity contribution in [1.82, 2.24) is 4.31 Å². The number of amides is 1. The maximum atomic E-state index is 12.4. The number of nitrogens with zero attached hydrogens (tertiary/aromatic N) is 1. The summed E-state index contributed by atoms with van der Waals surface area (Å²) < 4.78 is 31.1. The number of anilines is 1. The van der Waals surface area contributed by atoms with Crippen LogP contribution in [0.5, 0.6) is 5.75 Å². The van der Waals surface area contributed by atoms with Crippen molar-refractivity contribution in [3.63, 3.8) is 0 Å². The van der Waals surface area contributed by atoms with Crippen LogP contribution in [0.15, 0.2) is 23.1 Å². The number of piperidine rings is 1. The molecule has 7 nitrogen and oxygen atoms in total. The number of methoxy groups -OCH3 is 1. The summed E-state index contributed by atoms with van der Waals surface area (Å²) in [6.07, 6.45) is 2.35. The molecule has 140 valence electrons. The normalized spacial score (nSPS) is 21.2. The highest BCUT2D eigenvalue weighted by Crippen LogP contribution is 2.28. The third-order valence-electron chi connectivity index (χ3n) is 4.48. The van der Waals surface area contributed by atoms with Gasteiger partial charge in [-0.15, -0.1) is 0 Å². The summed E-state index contributed by atoms with van der Waals surface area (Å²) in [6, 6.07) is 4.65. The number of hydrogen-bond acceptors (Lipinski definition) is 4. The van der Waals surface area contributed by atoms with E-state index in [1.165, 1.54) is 38.6 Å². The molecule has 0 spiro atoms. The molecule has 1 aliphatic rings. The highest BCUT2D eigenvalue weighted by molar-refractivity contribution is 7.89. The second-order valence-electron chi connectivity index (χ2n) is 6.83. The summed E-state index contributed by atoms with van der Waals surface area (Å²) in [7, 11) is 0.678. The first kappa shape index (κ1) is 19.7. The lowest BCUT2D eigenvalue weighted by atomic mass is 10.0. The zero-order chi connectivity index (χ0) is 18.6. The zero-order valence-electron chi connectivity index (χ0n) is 15.3. The Hall–Kier alpha value is -1.64. The highest BCUT2D eigenvalue weighted by atomic mass is 32.2. The number of sulfonamides is 1. The molecule has 1 amide bonds. The molecule has 0 radical (unpaired) electrons. The zero-order valence-corrected chi connectivity index (χ0v) is 16.1. The third kappa shape index (κ3) is 4.93. The average molecular weight is 370 g/mol. The van der Waals surface area contributed by atoms with Gasteiger partial charge in [0.25, 0.3) is 5.91 Å². The minimum absolute atomic E-state index is 0.0386. The van der Waals surface area contributed by atoms with Gasteiger partial charge in [0.15, 0.2) is 6.54 Å². The predicted octanol–water partition coefficient (Wildman–Crippen LogP) is 0.199. The van der Waals surface area contributed by atoms with Crippen LogP contribution in [0.4, 0.5) is 5.69 Å². The van der Waals surface area contributed by atoms with E-state index in [0.717, 1.165) is 23.8 Å². The van der Waals surface area contributed by atoms with Gasteiger partial charge in [-0.25, -0.2) is 12.7 Å². The lowest BCUT2D eigenvalue weighted by Gasteiger charge is -2.27. The molecule has 1 unspecified atom stereocenters. The first-order valence-corrected chi connectivity index (χ1v) is 9.92. The van der Waals surface area contributed by atoms with Gasteiger partial charge in [-0.05, 0) is 31.0 Å². The molecule has 0 aromatic heterocycles. The number of ether oxygens (including phenoxy) is 1. The van der Waals surface area contributed by atoms with Crippen LogP contribution in [0, 0.1) is 5.92 Å². The third-order valence-corrected chi connectivity index (χ3v) is 6.32. The van der Waals surface area contributed by atoms with E-state index in [1.54, 1.807) is 12.1 Å². The number of carbonyl (C=O) groups is 1. The number of rotatable bonds is 6. The molecule has 0 aliphatic carbocycles. The SMILES string of the molecule is COc1ccc(NC(=O)C[NH+]2CCC[C@H](C)C2)cc1S(=O)(=O)N(C)C. The fraction of sp³-hybridized carbons (Fsp3) is 0.588. The van der Waals surface area contributed by atoms with E-state index >= 15 is 0 Å². The van der Waals surface area contributed by atoms with Crippen molar-refractivity contribution in [2.24, 2.45) is 5.92 Å². The van der Waals surface area contributed by atoms with Gasteiger partial charge in [-0.3, -0.25) is 4.79 Å². The summed E-state index contributed by atoms with van der Waals surface area (Å²) in [6.45, 7) is 4.60. The van der Waals surface area contributed by atoms with E-state index in [-0.39, 0.29) is 16.6 Å². The van der Waals surface area contributed by atoms with Crippen LogP contribution in [0.25, 0.3) is 0 Å². The van der Waals surface area contributed by atoms with Crippen LogP contribution in [0.3, 0.4) is 0 Å². The van der Waals surface area contributed by atoms with E-state index < -0.39 is 10.0 Å². The van der Waals surface area contributed by atoms with E-state index in [9.17, 15) is 13.2 Å². The second kappa shape index (κ2) is 8.16. The van der Waals surface area contributed by atoms with Gasteiger partial charge in [0, 0.05) is 25.7 Å². The molecule has 1 heterocycles. The Bertz CT molecular complexity index is 719. The van der Waals surface area contributed by atoms with Crippen molar-refractivity contribution < 1.29 is 22.8 Å². The van der Waals surface area contributed by atoms with E-state index in [4.69, 9.17) is 4.74 Å². The molecule has 25 heavy (non-hydrogen) atoms. The number of benzene rings is 1. The van der Waals surface area contributed by atoms with Crippen molar-refractivity contribution in [3.8, 4) is 5.75 Å². The number of quaternary nitrogens is 1. The largest absolute Gasteiger partial charge is 0.495 e. The fourth-order valence-corrected chi connectivity index (χ4v) is 4.22. The predicted molar refractivity (Wildman–Crippen MR) is 96.5 cm³/mol. The molecule has 1 aromatic carbocycles. The molecule has 0 saturated carbocycles. The van der Waals surface area contributed by atoms with Gasteiger partial charge in [-0.2, -0.15) is 0 Å². The van der Waals surface area contributed by atoms with Gasteiger partial charge in [0.1, 0.15) is 10.6 Å². The Kier molecular flexibility index (Phi) is 6.42. The van der Waals surface area contributed by atoms with Crippen LogP contribution in [0.1, 0.15) is 19.8 Å². The molecular formula is C17H28N3O4S+. The Labute approximate surface area is 150 Å². The molecule has 2 atom stereocenters. The summed E-state index contributed by atoms with van der Waals surface area (Å²) >= 11 is 0. The first-order valence-electron chi connectivity index (χ1n) is 8.48. The summed E-state index contributed by atoms with van der Waals surface area (Å²) in [5, 5.41) is 2.81. The molecule has 1 saturated heterocycles. The summed E-state index contributed by atoms with van der Waals surface area (Å²) in [5.74, 6) is 0.777. The highest BCUT2D eigenvalue weighted by Gasteiger charge is 2.24. The standard InChI is InChI=1S/C17H27N3O4S/c1-13-6-5-9-20(11-13)12-17(21)18-14-7-8-15(24-4)16(10-14)25(22,23)19(2)3/h7-8,10,13H,5-6,9,11-12H2,1-4H3,(H,18,21)/p+1/t13-/m0/s1. The fourth-order valence-electron chi connectivity index (χ4n) is 3.14. The minimum atomic E-state index is -3.66. The van der Waals surface area contributed by atoms with Gasteiger partial charge in [0.05, 0.1) is 20.2 Å². The monoisotopic (exact) mass is 370 g/mol. The van der Waals surface area contributed by atoms with Crippen molar-refractivity contribution in [1.29, 1.82) is 0 Å². The second-order valence-corrected chi connectivity index (χ2v) is 8.95. The summed E-state index contributed by atoms with van der Waals surface area (Å²) in [4.78, 5) is 13.6. The quantitative estimate of drug-likeness (QED) is 0.750. The lowest BCUT2D eigenvalue weighted by Crippen LogP contribution is -3.14. The van der Waals surface area contributed by atoms with Crippen LogP contribution in [0.2, 0.25) is 0 Å². The van der Waals surface area contributed by atoms with Crippen molar-refractivity contribution in [2.75, 3.05) is 46.2 Å². The lowest BCUT2D eigenvalue weighted by molar-refractivity contribution is -0.900. The van der Waals surface area contributed by atoms with Gasteiger partial charge >= 0.3 is 0 Å². The minimum Gasteiger partial charge on any atom is -0.495 e. The maximum Gasteiger partial charge on any atom is 0.279 e. The Balaban J connectivity index is 2.13. The van der Waals surface area contributed by atoms with Crippen LogP contribution in [-0.4, -0.2) is 59.5 Å². The number of carbonyl (C=O) groups excluding carboxylic acids is 1. The number of likely N-dealkylation sites (tertiary alicyclic amines) is 1. The first-order chi connectivity index (χ1) is 11.7. The molecule has 1 aliphatic heterocycles. The molecule has 8 heteroatoms. The number of nitrogens with one attached hydrogen (secondary N) is 2. The average Bonchev–Trinajstić information content (AvgIpc) is 2.54. The van der Waals surface area contributed by atoms with Crippen molar-refractivity contribution in [3.05, 3.63) is 18.2 Å². The number of hydrogen-bond donors (Lipinski definition) is 2. The van der Waals surface area contributed by atoms with E-state index in [1.807, 2.05) is 0 Å².